The predicted molar refractivity (Wildman–Crippen MR) is 84.2 cm³/mol. The molecule has 1 aromatic rings. The molecule has 0 aliphatic carbocycles. The van der Waals surface area contributed by atoms with Crippen LogP contribution in [0.1, 0.15) is 51.7 Å². The third-order valence-corrected chi connectivity index (χ3v) is 3.69. The molecule has 1 rings (SSSR count). The van der Waals surface area contributed by atoms with Crippen LogP contribution in [0.5, 0.6) is 5.75 Å². The number of hydrogen-bond acceptors (Lipinski definition) is 3. The Labute approximate surface area is 123 Å². The van der Waals surface area contributed by atoms with Gasteiger partial charge in [0, 0.05) is 12.6 Å². The van der Waals surface area contributed by atoms with Gasteiger partial charge < -0.3 is 9.84 Å². The lowest BCUT2D eigenvalue weighted by molar-refractivity contribution is 0.0942. The van der Waals surface area contributed by atoms with Crippen LogP contribution in [0.2, 0.25) is 0 Å². The number of unbranched alkanes of at least 4 members (excludes halogenated alkanes) is 2. The Hall–Kier alpha value is -1.06. The van der Waals surface area contributed by atoms with Gasteiger partial charge in [-0.2, -0.15) is 0 Å². The van der Waals surface area contributed by atoms with E-state index in [1.54, 1.807) is 7.11 Å². The van der Waals surface area contributed by atoms with Crippen LogP contribution in [0.25, 0.3) is 0 Å². The van der Waals surface area contributed by atoms with Crippen molar-refractivity contribution in [2.45, 2.75) is 52.2 Å². The second-order valence-electron chi connectivity index (χ2n) is 5.58. The molecule has 0 heterocycles. The smallest absolute Gasteiger partial charge is 0.118 e. The van der Waals surface area contributed by atoms with Gasteiger partial charge in [0.05, 0.1) is 13.2 Å². The van der Waals surface area contributed by atoms with Gasteiger partial charge in [-0.05, 0) is 44.5 Å². The van der Waals surface area contributed by atoms with E-state index in [9.17, 15) is 5.11 Å². The van der Waals surface area contributed by atoms with Crippen LogP contribution in [0.3, 0.4) is 0 Å². The number of nitrogens with zero attached hydrogens (tertiary/aromatic N) is 1. The lowest BCUT2D eigenvalue weighted by Gasteiger charge is -2.29. The van der Waals surface area contributed by atoms with Gasteiger partial charge in [-0.25, -0.2) is 0 Å². The fourth-order valence-corrected chi connectivity index (χ4v) is 2.28. The van der Waals surface area contributed by atoms with Crippen molar-refractivity contribution in [3.8, 4) is 5.75 Å². The topological polar surface area (TPSA) is 32.7 Å². The lowest BCUT2D eigenvalue weighted by atomic mass is 10.1. The van der Waals surface area contributed by atoms with Crippen molar-refractivity contribution in [3.63, 3.8) is 0 Å². The summed E-state index contributed by atoms with van der Waals surface area (Å²) in [5.74, 6) is 0.824. The van der Waals surface area contributed by atoms with E-state index in [0.717, 1.165) is 17.9 Å². The zero-order valence-electron chi connectivity index (χ0n) is 13.3. The number of aliphatic hydroxyl groups is 1. The van der Waals surface area contributed by atoms with Crippen LogP contribution >= 0.6 is 0 Å². The van der Waals surface area contributed by atoms with Crippen molar-refractivity contribution in [1.82, 2.24) is 4.90 Å². The maximum Gasteiger partial charge on any atom is 0.118 e. The molecule has 0 spiro atoms. The second-order valence-corrected chi connectivity index (χ2v) is 5.58. The molecule has 20 heavy (non-hydrogen) atoms. The van der Waals surface area contributed by atoms with E-state index in [-0.39, 0.29) is 0 Å². The van der Waals surface area contributed by atoms with Gasteiger partial charge in [0.25, 0.3) is 0 Å². The van der Waals surface area contributed by atoms with Gasteiger partial charge in [0.1, 0.15) is 5.75 Å². The highest BCUT2D eigenvalue weighted by Gasteiger charge is 2.15. The fraction of sp³-hybridized carbons (Fsp3) is 0.647. The minimum Gasteiger partial charge on any atom is -0.497 e. The maximum absolute atomic E-state index is 10.4. The molecule has 0 amide bonds. The number of hydrogen-bond donors (Lipinski definition) is 1. The largest absolute Gasteiger partial charge is 0.497 e. The number of ether oxygens (including phenoxy) is 1. The Bertz CT molecular complexity index is 362. The standard InChI is InChI=1S/C17H29NO2/c1-5-6-7-12-18(14(2)3)13-17(19)15-8-10-16(20-4)11-9-15/h8-11,14,17,19H,5-7,12-13H2,1-4H3. The van der Waals surface area contributed by atoms with Gasteiger partial charge in [0.15, 0.2) is 0 Å². The molecule has 3 heteroatoms. The van der Waals surface area contributed by atoms with Crippen LogP contribution in [0.15, 0.2) is 24.3 Å². The van der Waals surface area contributed by atoms with E-state index in [1.807, 2.05) is 24.3 Å². The summed E-state index contributed by atoms with van der Waals surface area (Å²) in [4.78, 5) is 2.35. The molecule has 0 radical (unpaired) electrons. The average Bonchev–Trinajstić information content (AvgIpc) is 2.46. The molecule has 0 saturated heterocycles. The van der Waals surface area contributed by atoms with Gasteiger partial charge >= 0.3 is 0 Å². The number of rotatable bonds is 9. The molecule has 3 nitrogen and oxygen atoms in total. The van der Waals surface area contributed by atoms with E-state index in [2.05, 4.69) is 25.7 Å². The third-order valence-electron chi connectivity index (χ3n) is 3.69. The van der Waals surface area contributed by atoms with Crippen molar-refractivity contribution in [2.24, 2.45) is 0 Å². The monoisotopic (exact) mass is 279 g/mol. The Kier molecular flexibility index (Phi) is 7.63. The van der Waals surface area contributed by atoms with Crippen LogP contribution < -0.4 is 4.74 Å². The first-order chi connectivity index (χ1) is 9.58. The molecule has 0 fully saturated rings. The lowest BCUT2D eigenvalue weighted by Crippen LogP contribution is -2.35. The summed E-state index contributed by atoms with van der Waals surface area (Å²) < 4.78 is 5.14. The SMILES string of the molecule is CCCCCN(CC(O)c1ccc(OC)cc1)C(C)C. The van der Waals surface area contributed by atoms with Crippen LogP contribution in [-0.2, 0) is 0 Å². The first-order valence-electron chi connectivity index (χ1n) is 7.64. The molecule has 0 aromatic heterocycles. The minimum atomic E-state index is -0.440. The summed E-state index contributed by atoms with van der Waals surface area (Å²) in [6, 6.07) is 8.13. The van der Waals surface area contributed by atoms with E-state index in [1.165, 1.54) is 19.3 Å². The Morgan fingerprint density at radius 2 is 1.80 bits per heavy atom. The van der Waals surface area contributed by atoms with Crippen molar-refractivity contribution in [1.29, 1.82) is 0 Å². The highest BCUT2D eigenvalue weighted by Crippen LogP contribution is 2.19. The minimum absolute atomic E-state index is 0.440. The summed E-state index contributed by atoms with van der Waals surface area (Å²) in [6.45, 7) is 8.33. The first-order valence-corrected chi connectivity index (χ1v) is 7.64. The highest BCUT2D eigenvalue weighted by molar-refractivity contribution is 5.28. The normalized spacial score (nSPS) is 12.9. The quantitative estimate of drug-likeness (QED) is 0.701. The van der Waals surface area contributed by atoms with Gasteiger partial charge in [-0.15, -0.1) is 0 Å². The number of aliphatic hydroxyl groups excluding tert-OH is 1. The molecule has 0 saturated carbocycles. The molecule has 1 N–H and O–H groups in total. The van der Waals surface area contributed by atoms with Crippen molar-refractivity contribution in [3.05, 3.63) is 29.8 Å². The third kappa shape index (κ3) is 5.51. The van der Waals surface area contributed by atoms with E-state index >= 15 is 0 Å². The molecule has 1 atom stereocenters. The zero-order chi connectivity index (χ0) is 15.0. The summed E-state index contributed by atoms with van der Waals surface area (Å²) in [5.41, 5.74) is 0.951. The Morgan fingerprint density at radius 1 is 1.15 bits per heavy atom. The first kappa shape index (κ1) is 17.0. The maximum atomic E-state index is 10.4. The summed E-state index contributed by atoms with van der Waals surface area (Å²) in [6.07, 6.45) is 3.24. The van der Waals surface area contributed by atoms with Crippen molar-refractivity contribution in [2.75, 3.05) is 20.2 Å². The molecular formula is C17H29NO2. The Balaban J connectivity index is 2.57. The fourth-order valence-electron chi connectivity index (χ4n) is 2.28. The molecule has 1 aromatic carbocycles. The summed E-state index contributed by atoms with van der Waals surface area (Å²) in [5, 5.41) is 10.4. The van der Waals surface area contributed by atoms with E-state index in [0.29, 0.717) is 12.6 Å². The molecule has 0 aliphatic heterocycles. The van der Waals surface area contributed by atoms with Gasteiger partial charge in [0.2, 0.25) is 0 Å². The molecular weight excluding hydrogens is 250 g/mol. The predicted octanol–water partition coefficient (Wildman–Crippen LogP) is 3.63. The van der Waals surface area contributed by atoms with Crippen LogP contribution in [0.4, 0.5) is 0 Å². The number of methoxy groups -OCH3 is 1. The van der Waals surface area contributed by atoms with Gasteiger partial charge in [-0.3, -0.25) is 4.90 Å². The molecule has 114 valence electrons. The number of benzene rings is 1. The molecule has 1 unspecified atom stereocenters. The molecule has 0 aliphatic rings. The van der Waals surface area contributed by atoms with E-state index in [4.69, 9.17) is 4.74 Å². The van der Waals surface area contributed by atoms with Crippen molar-refractivity contribution < 1.29 is 9.84 Å². The van der Waals surface area contributed by atoms with E-state index < -0.39 is 6.10 Å². The van der Waals surface area contributed by atoms with Crippen LogP contribution in [-0.4, -0.2) is 36.2 Å². The Morgan fingerprint density at radius 3 is 2.30 bits per heavy atom. The highest BCUT2D eigenvalue weighted by atomic mass is 16.5. The average molecular weight is 279 g/mol. The van der Waals surface area contributed by atoms with Crippen molar-refractivity contribution >= 4 is 0 Å². The zero-order valence-corrected chi connectivity index (χ0v) is 13.3. The molecule has 0 bridgehead atoms. The second kappa shape index (κ2) is 8.98. The summed E-state index contributed by atoms with van der Waals surface area (Å²) in [7, 11) is 1.65. The van der Waals surface area contributed by atoms with Crippen LogP contribution in [0, 0.1) is 0 Å². The van der Waals surface area contributed by atoms with Gasteiger partial charge in [-0.1, -0.05) is 31.9 Å². The summed E-state index contributed by atoms with van der Waals surface area (Å²) >= 11 is 0.